The first-order valence-electron chi connectivity index (χ1n) is 7.34. The van der Waals surface area contributed by atoms with E-state index >= 15 is 0 Å². The minimum atomic E-state index is 0.150. The normalized spacial score (nSPS) is 24.4. The largest absolute Gasteiger partial charge is 0.369 e. The smallest absolute Gasteiger partial charge is 0.0410 e. The lowest BCUT2D eigenvalue weighted by molar-refractivity contribution is 0.266. The molecule has 3 atom stereocenters. The van der Waals surface area contributed by atoms with Crippen molar-refractivity contribution in [2.75, 3.05) is 32.1 Å². The van der Waals surface area contributed by atoms with Crippen LogP contribution in [-0.2, 0) is 6.42 Å². The van der Waals surface area contributed by atoms with Crippen LogP contribution in [0.4, 0.5) is 5.69 Å². The molecule has 0 radical (unpaired) electrons. The number of benzene rings is 1. The third kappa shape index (κ3) is 3.46. The number of halogens is 1. The highest BCUT2D eigenvalue weighted by Gasteiger charge is 2.31. The molecule has 2 N–H and O–H groups in total. The summed E-state index contributed by atoms with van der Waals surface area (Å²) in [5, 5.41) is 0.792. The van der Waals surface area contributed by atoms with Gasteiger partial charge in [-0.1, -0.05) is 18.5 Å². The summed E-state index contributed by atoms with van der Waals surface area (Å²) in [5.41, 5.74) is 8.53. The van der Waals surface area contributed by atoms with Crippen LogP contribution in [0.1, 0.15) is 19.4 Å². The number of nitrogens with two attached hydrogens (primary N) is 1. The zero-order valence-corrected chi connectivity index (χ0v) is 13.7. The molecule has 1 heterocycles. The van der Waals surface area contributed by atoms with Crippen molar-refractivity contribution in [2.45, 2.75) is 32.4 Å². The third-order valence-corrected chi connectivity index (χ3v) is 4.40. The average Bonchev–Trinajstić information content (AvgIpc) is 2.70. The van der Waals surface area contributed by atoms with Crippen molar-refractivity contribution in [1.29, 1.82) is 0 Å². The molecule has 0 saturated carbocycles. The summed E-state index contributed by atoms with van der Waals surface area (Å²) in [6.45, 7) is 6.53. The van der Waals surface area contributed by atoms with E-state index in [0.29, 0.717) is 12.0 Å². The maximum atomic E-state index is 6.15. The van der Waals surface area contributed by atoms with Gasteiger partial charge >= 0.3 is 0 Å². The molecular formula is C16H26ClN3. The van der Waals surface area contributed by atoms with Crippen LogP contribution < -0.4 is 10.6 Å². The molecule has 20 heavy (non-hydrogen) atoms. The summed E-state index contributed by atoms with van der Waals surface area (Å²) < 4.78 is 0. The Kier molecular flexibility index (Phi) is 4.95. The Bertz CT molecular complexity index is 459. The number of hydrogen-bond donors (Lipinski definition) is 1. The molecule has 0 bridgehead atoms. The second kappa shape index (κ2) is 6.33. The summed E-state index contributed by atoms with van der Waals surface area (Å²) in [6, 6.07) is 6.94. The maximum absolute atomic E-state index is 6.15. The van der Waals surface area contributed by atoms with Crippen LogP contribution in [0, 0.1) is 5.92 Å². The van der Waals surface area contributed by atoms with Crippen molar-refractivity contribution in [3.63, 3.8) is 0 Å². The van der Waals surface area contributed by atoms with E-state index < -0.39 is 0 Å². The van der Waals surface area contributed by atoms with E-state index in [1.165, 1.54) is 11.3 Å². The fourth-order valence-corrected chi connectivity index (χ4v) is 3.39. The Labute approximate surface area is 127 Å². The predicted molar refractivity (Wildman–Crippen MR) is 87.7 cm³/mol. The number of hydrogen-bond acceptors (Lipinski definition) is 3. The number of anilines is 1. The van der Waals surface area contributed by atoms with E-state index in [1.807, 2.05) is 13.0 Å². The molecule has 0 amide bonds. The minimum absolute atomic E-state index is 0.150. The highest BCUT2D eigenvalue weighted by molar-refractivity contribution is 6.30. The first kappa shape index (κ1) is 15.6. The van der Waals surface area contributed by atoms with Gasteiger partial charge in [-0.3, -0.25) is 0 Å². The Balaban J connectivity index is 2.24. The Morgan fingerprint density at radius 1 is 1.40 bits per heavy atom. The highest BCUT2D eigenvalue weighted by Crippen LogP contribution is 2.31. The zero-order valence-electron chi connectivity index (χ0n) is 12.9. The topological polar surface area (TPSA) is 32.5 Å². The summed E-state index contributed by atoms with van der Waals surface area (Å²) in [5.74, 6) is 0.670. The molecule has 112 valence electrons. The number of nitrogens with zero attached hydrogens (tertiary/aromatic N) is 2. The van der Waals surface area contributed by atoms with E-state index in [-0.39, 0.29) is 6.04 Å². The van der Waals surface area contributed by atoms with Gasteiger partial charge in [0.15, 0.2) is 0 Å². The molecule has 0 aromatic heterocycles. The van der Waals surface area contributed by atoms with Gasteiger partial charge in [-0.25, -0.2) is 0 Å². The Hall–Kier alpha value is -0.770. The van der Waals surface area contributed by atoms with Crippen molar-refractivity contribution in [2.24, 2.45) is 11.7 Å². The lowest BCUT2D eigenvalue weighted by Crippen LogP contribution is -2.34. The molecule has 0 aliphatic carbocycles. The number of rotatable bonds is 4. The van der Waals surface area contributed by atoms with Crippen LogP contribution in [0.25, 0.3) is 0 Å². The highest BCUT2D eigenvalue weighted by atomic mass is 35.5. The molecule has 1 fully saturated rings. The van der Waals surface area contributed by atoms with Gasteiger partial charge < -0.3 is 15.5 Å². The molecule has 1 saturated heterocycles. The molecule has 1 aliphatic heterocycles. The van der Waals surface area contributed by atoms with Gasteiger partial charge in [0.25, 0.3) is 0 Å². The van der Waals surface area contributed by atoms with Crippen molar-refractivity contribution >= 4 is 17.3 Å². The van der Waals surface area contributed by atoms with Crippen molar-refractivity contribution < 1.29 is 0 Å². The molecule has 3 nitrogen and oxygen atoms in total. The molecule has 3 unspecified atom stereocenters. The van der Waals surface area contributed by atoms with E-state index in [9.17, 15) is 0 Å². The van der Waals surface area contributed by atoms with Crippen LogP contribution >= 0.6 is 11.6 Å². The van der Waals surface area contributed by atoms with E-state index in [4.69, 9.17) is 17.3 Å². The molecular weight excluding hydrogens is 270 g/mol. The van der Waals surface area contributed by atoms with Gasteiger partial charge in [-0.2, -0.15) is 0 Å². The molecule has 2 rings (SSSR count). The summed E-state index contributed by atoms with van der Waals surface area (Å²) in [6.07, 6.45) is 0.868. The quantitative estimate of drug-likeness (QED) is 0.927. The molecule has 1 aliphatic rings. The van der Waals surface area contributed by atoms with E-state index in [0.717, 1.165) is 24.5 Å². The van der Waals surface area contributed by atoms with Crippen molar-refractivity contribution in [3.8, 4) is 0 Å². The van der Waals surface area contributed by atoms with Crippen molar-refractivity contribution in [1.82, 2.24) is 4.90 Å². The standard InChI is InChI=1S/C16H26ClN3/c1-11-9-20(10-16(11)19(3)4)15-6-5-14(17)8-13(15)7-12(2)18/h5-6,8,11-12,16H,7,9-10,18H2,1-4H3. The van der Waals surface area contributed by atoms with Crippen LogP contribution in [0.2, 0.25) is 5.02 Å². The van der Waals surface area contributed by atoms with E-state index in [1.54, 1.807) is 0 Å². The number of likely N-dealkylation sites (N-methyl/N-ethyl adjacent to an activating group) is 1. The van der Waals surface area contributed by atoms with Gasteiger partial charge in [-0.15, -0.1) is 0 Å². The zero-order chi connectivity index (χ0) is 14.9. The maximum Gasteiger partial charge on any atom is 0.0410 e. The lowest BCUT2D eigenvalue weighted by atomic mass is 10.0. The molecule has 1 aromatic carbocycles. The van der Waals surface area contributed by atoms with Gasteiger partial charge in [0.05, 0.1) is 0 Å². The molecule has 1 aromatic rings. The van der Waals surface area contributed by atoms with Crippen LogP contribution in [0.15, 0.2) is 18.2 Å². The van der Waals surface area contributed by atoms with Crippen LogP contribution in [-0.4, -0.2) is 44.2 Å². The van der Waals surface area contributed by atoms with E-state index in [2.05, 4.69) is 43.0 Å². The fourth-order valence-electron chi connectivity index (χ4n) is 3.19. The van der Waals surface area contributed by atoms with Crippen LogP contribution in [0.5, 0.6) is 0 Å². The SMILES string of the molecule is CC(N)Cc1cc(Cl)ccc1N1CC(C)C(N(C)C)C1. The van der Waals surface area contributed by atoms with Gasteiger partial charge in [0.2, 0.25) is 0 Å². The van der Waals surface area contributed by atoms with Gasteiger partial charge in [0.1, 0.15) is 0 Å². The van der Waals surface area contributed by atoms with Gasteiger partial charge in [-0.05, 0) is 57.1 Å². The fraction of sp³-hybridized carbons (Fsp3) is 0.625. The van der Waals surface area contributed by atoms with Crippen LogP contribution in [0.3, 0.4) is 0 Å². The summed E-state index contributed by atoms with van der Waals surface area (Å²) >= 11 is 6.15. The van der Waals surface area contributed by atoms with Crippen molar-refractivity contribution in [3.05, 3.63) is 28.8 Å². The first-order valence-corrected chi connectivity index (χ1v) is 7.71. The third-order valence-electron chi connectivity index (χ3n) is 4.16. The summed E-state index contributed by atoms with van der Waals surface area (Å²) in [4.78, 5) is 4.80. The Morgan fingerprint density at radius 3 is 2.65 bits per heavy atom. The second-order valence-electron chi connectivity index (χ2n) is 6.37. The monoisotopic (exact) mass is 295 g/mol. The molecule has 0 spiro atoms. The Morgan fingerprint density at radius 2 is 2.10 bits per heavy atom. The summed E-state index contributed by atoms with van der Waals surface area (Å²) in [7, 11) is 4.32. The minimum Gasteiger partial charge on any atom is -0.369 e. The predicted octanol–water partition coefficient (Wildman–Crippen LogP) is 2.62. The van der Waals surface area contributed by atoms with Gasteiger partial charge in [0, 0.05) is 35.9 Å². The second-order valence-corrected chi connectivity index (χ2v) is 6.80. The average molecular weight is 296 g/mol. The molecule has 4 heteroatoms. The lowest BCUT2D eigenvalue weighted by Gasteiger charge is -2.25. The first-order chi connectivity index (χ1) is 9.38.